The van der Waals surface area contributed by atoms with Crippen LogP contribution in [0.1, 0.15) is 17.0 Å². The van der Waals surface area contributed by atoms with Gasteiger partial charge in [0.15, 0.2) is 0 Å². The Hall–Kier alpha value is -2.69. The number of rotatable bonds is 1. The minimum Gasteiger partial charge on any atom is -0.423 e. The van der Waals surface area contributed by atoms with Gasteiger partial charge >= 0.3 is 5.69 Å². The molecule has 0 aliphatic carbocycles. The van der Waals surface area contributed by atoms with Gasteiger partial charge in [-0.1, -0.05) is 29.3 Å². The van der Waals surface area contributed by atoms with Crippen molar-refractivity contribution in [2.45, 2.75) is 5.92 Å². The maximum Gasteiger partial charge on any atom is 0.333 e. The van der Waals surface area contributed by atoms with Gasteiger partial charge in [-0.05, 0) is 17.7 Å². The molecule has 0 spiro atoms. The summed E-state index contributed by atoms with van der Waals surface area (Å²) in [6, 6.07) is 6.68. The SMILES string of the molecule is Cn1c2c(c(=O)n(C)c1=O)[C@H](c1ccc(Cl)cc1Cl)C(C#N)=C(N)O2. The second-order valence-electron chi connectivity index (χ2n) is 5.52. The van der Waals surface area contributed by atoms with E-state index in [1.807, 2.05) is 6.07 Å². The Bertz CT molecular complexity index is 1090. The lowest BCUT2D eigenvalue weighted by molar-refractivity contribution is 0.348. The van der Waals surface area contributed by atoms with Gasteiger partial charge in [-0.3, -0.25) is 13.9 Å². The van der Waals surface area contributed by atoms with Crippen LogP contribution in [0.4, 0.5) is 0 Å². The molecule has 1 aromatic heterocycles. The van der Waals surface area contributed by atoms with Gasteiger partial charge in [-0.25, -0.2) is 4.79 Å². The third-order valence-electron chi connectivity index (χ3n) is 4.09. The number of aromatic nitrogens is 2. The van der Waals surface area contributed by atoms with E-state index in [9.17, 15) is 14.9 Å². The molecule has 0 amide bonds. The summed E-state index contributed by atoms with van der Waals surface area (Å²) in [6.07, 6.45) is 0. The number of halogens is 2. The average Bonchev–Trinajstić information content (AvgIpc) is 2.57. The van der Waals surface area contributed by atoms with Gasteiger partial charge in [0, 0.05) is 24.1 Å². The van der Waals surface area contributed by atoms with E-state index in [2.05, 4.69) is 0 Å². The lowest BCUT2D eigenvalue weighted by atomic mass is 9.85. The molecule has 0 radical (unpaired) electrons. The maximum atomic E-state index is 12.7. The molecule has 9 heteroatoms. The summed E-state index contributed by atoms with van der Waals surface area (Å²) < 4.78 is 7.51. The van der Waals surface area contributed by atoms with E-state index in [0.717, 1.165) is 9.13 Å². The van der Waals surface area contributed by atoms with E-state index in [0.29, 0.717) is 10.6 Å². The van der Waals surface area contributed by atoms with Crippen molar-refractivity contribution in [3.05, 3.63) is 71.7 Å². The van der Waals surface area contributed by atoms with Gasteiger partial charge in [0.2, 0.25) is 11.8 Å². The molecule has 2 N–H and O–H groups in total. The number of hydrogen-bond donors (Lipinski definition) is 1. The van der Waals surface area contributed by atoms with Crippen LogP contribution in [-0.2, 0) is 14.1 Å². The zero-order valence-electron chi connectivity index (χ0n) is 13.2. The quantitative estimate of drug-likeness (QED) is 0.811. The standard InChI is InChI=1S/C16H12Cl2N4O3/c1-21-14(23)12-11(8-4-3-7(17)5-10(8)18)9(6-19)13(20)25-15(12)22(2)16(21)24/h3-5,11H,20H2,1-2H3/t11-/m1/s1. The highest BCUT2D eigenvalue weighted by Crippen LogP contribution is 2.42. The number of allylic oxidation sites excluding steroid dienone is 1. The van der Waals surface area contributed by atoms with Gasteiger partial charge in [0.05, 0.1) is 11.5 Å². The van der Waals surface area contributed by atoms with Crippen LogP contribution in [0, 0.1) is 11.3 Å². The molecule has 0 saturated carbocycles. The van der Waals surface area contributed by atoms with Gasteiger partial charge in [0.25, 0.3) is 5.56 Å². The zero-order chi connectivity index (χ0) is 18.5. The molecule has 1 atom stereocenters. The van der Waals surface area contributed by atoms with Gasteiger partial charge in [-0.2, -0.15) is 5.26 Å². The summed E-state index contributed by atoms with van der Waals surface area (Å²) in [6.45, 7) is 0. The maximum absolute atomic E-state index is 12.7. The lowest BCUT2D eigenvalue weighted by Gasteiger charge is -2.27. The molecule has 1 aliphatic heterocycles. The van der Waals surface area contributed by atoms with Crippen molar-refractivity contribution >= 4 is 23.2 Å². The normalized spacial score (nSPS) is 16.2. The molecular weight excluding hydrogens is 367 g/mol. The summed E-state index contributed by atoms with van der Waals surface area (Å²) in [5, 5.41) is 10.2. The van der Waals surface area contributed by atoms with Crippen LogP contribution in [0.2, 0.25) is 10.0 Å². The minimum absolute atomic E-state index is 0.0133. The number of nitrogens with two attached hydrogens (primary N) is 1. The van der Waals surface area contributed by atoms with Gasteiger partial charge in [-0.15, -0.1) is 0 Å². The predicted octanol–water partition coefficient (Wildman–Crippen LogP) is 1.61. The first-order chi connectivity index (χ1) is 11.8. The van der Waals surface area contributed by atoms with Crippen molar-refractivity contribution in [2.75, 3.05) is 0 Å². The molecule has 0 bridgehead atoms. The summed E-state index contributed by atoms with van der Waals surface area (Å²) in [5.74, 6) is -1.07. The fourth-order valence-corrected chi connectivity index (χ4v) is 3.35. The highest BCUT2D eigenvalue weighted by atomic mass is 35.5. The zero-order valence-corrected chi connectivity index (χ0v) is 14.7. The van der Waals surface area contributed by atoms with Crippen LogP contribution in [-0.4, -0.2) is 9.13 Å². The molecule has 25 heavy (non-hydrogen) atoms. The Labute approximate surface area is 152 Å². The van der Waals surface area contributed by atoms with Crippen molar-refractivity contribution < 1.29 is 4.74 Å². The predicted molar refractivity (Wildman–Crippen MR) is 92.7 cm³/mol. The average molecular weight is 379 g/mol. The molecular formula is C16H12Cl2N4O3. The number of nitrogens with zero attached hydrogens (tertiary/aromatic N) is 3. The summed E-state index contributed by atoms with van der Waals surface area (Å²) in [5.41, 5.74) is 5.31. The van der Waals surface area contributed by atoms with E-state index in [-0.39, 0.29) is 27.9 Å². The fourth-order valence-electron chi connectivity index (χ4n) is 2.83. The first kappa shape index (κ1) is 17.1. The van der Waals surface area contributed by atoms with Gasteiger partial charge in [0.1, 0.15) is 11.6 Å². The molecule has 0 unspecified atom stereocenters. The van der Waals surface area contributed by atoms with Crippen LogP contribution in [0.3, 0.4) is 0 Å². The monoisotopic (exact) mass is 378 g/mol. The Morgan fingerprint density at radius 1 is 1.24 bits per heavy atom. The van der Waals surface area contributed by atoms with Crippen LogP contribution in [0.15, 0.2) is 39.2 Å². The Kier molecular flexibility index (Phi) is 4.11. The second-order valence-corrected chi connectivity index (χ2v) is 6.36. The lowest BCUT2D eigenvalue weighted by Crippen LogP contribution is -2.42. The van der Waals surface area contributed by atoms with E-state index < -0.39 is 17.2 Å². The van der Waals surface area contributed by atoms with Gasteiger partial charge < -0.3 is 10.5 Å². The van der Waals surface area contributed by atoms with E-state index in [1.165, 1.54) is 20.2 Å². The number of ether oxygens (including phenoxy) is 1. The summed E-state index contributed by atoms with van der Waals surface area (Å²) in [4.78, 5) is 24.9. The Morgan fingerprint density at radius 3 is 2.52 bits per heavy atom. The number of nitriles is 1. The van der Waals surface area contributed by atoms with Crippen LogP contribution < -0.4 is 21.7 Å². The number of fused-ring (bicyclic) bond motifs is 1. The second kappa shape index (κ2) is 5.99. The topological polar surface area (TPSA) is 103 Å². The van der Waals surface area contributed by atoms with Crippen molar-refractivity contribution in [2.24, 2.45) is 19.8 Å². The fraction of sp³-hybridized carbons (Fsp3) is 0.188. The first-order valence-corrected chi connectivity index (χ1v) is 7.86. The summed E-state index contributed by atoms with van der Waals surface area (Å²) in [7, 11) is 2.80. The van der Waals surface area contributed by atoms with Crippen LogP contribution in [0.5, 0.6) is 5.88 Å². The number of benzene rings is 1. The van der Waals surface area contributed by atoms with E-state index >= 15 is 0 Å². The highest BCUT2D eigenvalue weighted by molar-refractivity contribution is 6.35. The molecule has 1 aromatic carbocycles. The molecule has 3 rings (SSSR count). The molecule has 0 fully saturated rings. The molecule has 7 nitrogen and oxygen atoms in total. The minimum atomic E-state index is -0.871. The number of hydrogen-bond acceptors (Lipinski definition) is 5. The molecule has 1 aliphatic rings. The molecule has 128 valence electrons. The van der Waals surface area contributed by atoms with Crippen LogP contribution in [0.25, 0.3) is 0 Å². The van der Waals surface area contributed by atoms with Crippen molar-refractivity contribution in [1.82, 2.24) is 9.13 Å². The van der Waals surface area contributed by atoms with Crippen LogP contribution >= 0.6 is 23.2 Å². The van der Waals surface area contributed by atoms with Crippen molar-refractivity contribution in [1.29, 1.82) is 5.26 Å². The third-order valence-corrected chi connectivity index (χ3v) is 4.65. The highest BCUT2D eigenvalue weighted by Gasteiger charge is 2.36. The van der Waals surface area contributed by atoms with Crippen molar-refractivity contribution in [3.8, 4) is 11.9 Å². The Morgan fingerprint density at radius 2 is 1.92 bits per heavy atom. The molecule has 0 saturated heterocycles. The Balaban J connectivity index is 2.45. The van der Waals surface area contributed by atoms with E-state index in [4.69, 9.17) is 33.7 Å². The largest absolute Gasteiger partial charge is 0.423 e. The summed E-state index contributed by atoms with van der Waals surface area (Å²) >= 11 is 12.2. The van der Waals surface area contributed by atoms with Crippen molar-refractivity contribution in [3.63, 3.8) is 0 Å². The third kappa shape index (κ3) is 2.51. The molecule has 2 heterocycles. The van der Waals surface area contributed by atoms with E-state index in [1.54, 1.807) is 12.1 Å². The first-order valence-electron chi connectivity index (χ1n) is 7.10. The smallest absolute Gasteiger partial charge is 0.333 e. The molecule has 2 aromatic rings.